The number of rotatable bonds is 12. The van der Waals surface area contributed by atoms with Crippen molar-refractivity contribution in [2.24, 2.45) is 0 Å². The summed E-state index contributed by atoms with van der Waals surface area (Å²) in [5.74, 6) is 5.50. The number of imidazole rings is 1. The van der Waals surface area contributed by atoms with Crippen molar-refractivity contribution in [3.63, 3.8) is 0 Å². The highest BCUT2D eigenvalue weighted by molar-refractivity contribution is 6.22. The van der Waals surface area contributed by atoms with E-state index >= 15 is 0 Å². The van der Waals surface area contributed by atoms with Crippen LogP contribution in [0.25, 0.3) is 223 Å². The topological polar surface area (TPSA) is 150 Å². The molecule has 0 aliphatic rings. The van der Waals surface area contributed by atoms with E-state index in [4.69, 9.17) is 27.1 Å². The van der Waals surface area contributed by atoms with Crippen molar-refractivity contribution in [3.8, 4) is 114 Å². The maximum Gasteiger partial charge on any atom is 0.248 e. The van der Waals surface area contributed by atoms with E-state index in [0.29, 0.717) is 23.6 Å². The lowest BCUT2D eigenvalue weighted by Gasteiger charge is -2.13. The molecule has 25 rings (SSSR count). The summed E-state index contributed by atoms with van der Waals surface area (Å²) < 4.78 is 40.9. The highest BCUT2D eigenvalue weighted by Gasteiger charge is 2.25. The van der Waals surface area contributed by atoms with Gasteiger partial charge < -0.3 is 35.8 Å². The van der Waals surface area contributed by atoms with Crippen LogP contribution in [-0.4, -0.2) is 43.6 Å². The largest absolute Gasteiger partial charge is 0.455 e. The molecule has 0 spiro atoms. The number of para-hydroxylation sites is 5. The molecule has 9 aromatic heterocycles. The SMILES string of the molecule is c1ccc(-c2cc3ccc4c(c5ccccc5n4-c4cccc(-c5nnc(-c6ccccc6)o5)c4)c3o2)cc1.c1ccc(-c2cc3ccc4c(c5ccccc5n4-c4cccc(-c5nnc(-c6ccccc6)o5)c4)c3o2)cc1.c1ccc(-c2cc3ccc4c(c5ccccc5n4-c4cccc(-n5c(-c6ccccc6)nc6ccccc65)c4)c3o2)cc1. The van der Waals surface area contributed by atoms with E-state index in [0.717, 1.165) is 194 Å². The van der Waals surface area contributed by atoms with Crippen molar-refractivity contribution >= 4 is 109 Å². The Labute approximate surface area is 691 Å². The Bertz CT molecular complexity index is 7910. The summed E-state index contributed by atoms with van der Waals surface area (Å²) in [5.41, 5.74) is 23.3. The van der Waals surface area contributed by atoms with Crippen molar-refractivity contribution in [2.75, 3.05) is 0 Å². The van der Waals surface area contributed by atoms with Crippen LogP contribution in [0.2, 0.25) is 0 Å². The molecule has 14 nitrogen and oxygen atoms in total. The molecular formula is C107H67N9O5. The quantitative estimate of drug-likeness (QED) is 0.116. The summed E-state index contributed by atoms with van der Waals surface area (Å²) in [6.07, 6.45) is 0. The van der Waals surface area contributed by atoms with Crippen molar-refractivity contribution < 1.29 is 22.1 Å². The molecular weight excluding hydrogens is 1490 g/mol. The van der Waals surface area contributed by atoms with Gasteiger partial charge >= 0.3 is 0 Å². The second-order valence-corrected chi connectivity index (χ2v) is 29.9. The summed E-state index contributed by atoms with van der Waals surface area (Å²) >= 11 is 0. The Balaban J connectivity index is 0.000000106. The molecule has 0 atom stereocenters. The summed E-state index contributed by atoms with van der Waals surface area (Å²) in [5, 5.41) is 27.3. The third-order valence-electron chi connectivity index (χ3n) is 22.7. The van der Waals surface area contributed by atoms with Crippen LogP contribution in [0.5, 0.6) is 0 Å². The molecule has 0 radical (unpaired) electrons. The van der Waals surface area contributed by atoms with E-state index in [9.17, 15) is 0 Å². The van der Waals surface area contributed by atoms with Gasteiger partial charge in [-0.2, -0.15) is 0 Å². The van der Waals surface area contributed by atoms with Crippen LogP contribution < -0.4 is 0 Å². The molecule has 0 fully saturated rings. The summed E-state index contributed by atoms with van der Waals surface area (Å²) in [7, 11) is 0. The molecule has 0 saturated heterocycles. The first kappa shape index (κ1) is 69.8. The van der Waals surface area contributed by atoms with E-state index in [-0.39, 0.29) is 0 Å². The monoisotopic (exact) mass is 1560 g/mol. The molecule has 0 bridgehead atoms. The van der Waals surface area contributed by atoms with E-state index in [1.165, 1.54) is 5.39 Å². The molecule has 0 N–H and O–H groups in total. The minimum absolute atomic E-state index is 0.484. The number of fused-ring (bicyclic) bond motifs is 16. The predicted molar refractivity (Wildman–Crippen MR) is 485 cm³/mol. The Morgan fingerprint density at radius 2 is 0.479 bits per heavy atom. The number of benzene rings is 16. The van der Waals surface area contributed by atoms with Gasteiger partial charge in [0.15, 0.2) is 0 Å². The standard InChI is InChI=1S/C39H25N3O.2C34H21N3O2/c1-3-12-26(13-4-1)36-24-28-22-23-35-37(38(28)43-36)31-18-7-9-20-33(31)41(35)29-16-11-17-30(25-29)42-34-21-10-8-19-32(34)40-39(42)27-14-5-2-6-15-27;2*1-3-10-22(11-4-1)30-21-24-18-19-29-31(32(24)38-30)27-16-7-8-17-28(27)37(29)26-15-9-14-25(20-26)34-36-35-33(39-34)23-12-5-2-6-13-23/h1-25H;2*1-21H. The maximum atomic E-state index is 6.59. The zero-order valence-corrected chi connectivity index (χ0v) is 64.7. The van der Waals surface area contributed by atoms with Crippen molar-refractivity contribution in [1.82, 2.24) is 43.6 Å². The molecule has 0 unspecified atom stereocenters. The number of hydrogen-bond acceptors (Lipinski definition) is 10. The van der Waals surface area contributed by atoms with Gasteiger partial charge in [0.25, 0.3) is 0 Å². The third kappa shape index (κ3) is 12.2. The second-order valence-electron chi connectivity index (χ2n) is 29.9. The second kappa shape index (κ2) is 29.2. The first-order valence-corrected chi connectivity index (χ1v) is 40.2. The Hall–Kier alpha value is -16.7. The highest BCUT2D eigenvalue weighted by Crippen LogP contribution is 2.45. The molecule has 570 valence electrons. The predicted octanol–water partition coefficient (Wildman–Crippen LogP) is 28.0. The molecule has 0 aliphatic carbocycles. The van der Waals surface area contributed by atoms with Crippen LogP contribution >= 0.6 is 0 Å². The number of aromatic nitrogens is 9. The zero-order valence-electron chi connectivity index (χ0n) is 64.7. The van der Waals surface area contributed by atoms with Crippen molar-refractivity contribution in [2.45, 2.75) is 0 Å². The summed E-state index contributed by atoms with van der Waals surface area (Å²) in [4.78, 5) is 5.06. The minimum Gasteiger partial charge on any atom is -0.455 e. The van der Waals surface area contributed by atoms with Gasteiger partial charge in [-0.1, -0.05) is 243 Å². The molecule has 0 aliphatic heterocycles. The van der Waals surface area contributed by atoms with E-state index in [2.05, 4.69) is 293 Å². The van der Waals surface area contributed by atoms with Crippen LogP contribution in [0.3, 0.4) is 0 Å². The molecule has 0 amide bonds. The van der Waals surface area contributed by atoms with Crippen LogP contribution in [0.1, 0.15) is 0 Å². The van der Waals surface area contributed by atoms with Gasteiger partial charge in [0, 0.05) is 99.6 Å². The Kier molecular flexibility index (Phi) is 16.9. The van der Waals surface area contributed by atoms with Gasteiger partial charge in [-0.3, -0.25) is 4.57 Å². The van der Waals surface area contributed by atoms with E-state index in [1.54, 1.807) is 0 Å². The molecule has 14 heteroatoms. The van der Waals surface area contributed by atoms with Gasteiger partial charge in [0.2, 0.25) is 23.6 Å². The van der Waals surface area contributed by atoms with E-state index < -0.39 is 0 Å². The van der Waals surface area contributed by atoms with E-state index in [1.807, 2.05) is 152 Å². The smallest absolute Gasteiger partial charge is 0.248 e. The lowest BCUT2D eigenvalue weighted by molar-refractivity contribution is 0.584. The van der Waals surface area contributed by atoms with Gasteiger partial charge in [0.1, 0.15) is 39.9 Å². The molecule has 0 saturated carbocycles. The lowest BCUT2D eigenvalue weighted by Crippen LogP contribution is -2.00. The van der Waals surface area contributed by atoms with Crippen molar-refractivity contribution in [3.05, 3.63) is 406 Å². The van der Waals surface area contributed by atoms with Crippen molar-refractivity contribution in [1.29, 1.82) is 0 Å². The molecule has 25 aromatic rings. The molecule has 121 heavy (non-hydrogen) atoms. The Morgan fingerprint density at radius 3 is 0.860 bits per heavy atom. The zero-order chi connectivity index (χ0) is 79.9. The average molecular weight is 1560 g/mol. The van der Waals surface area contributed by atoms with Gasteiger partial charge in [-0.15, -0.1) is 20.4 Å². The third-order valence-corrected chi connectivity index (χ3v) is 22.7. The number of furan rings is 3. The Morgan fingerprint density at radius 1 is 0.190 bits per heavy atom. The fourth-order valence-electron chi connectivity index (χ4n) is 17.2. The molecule has 9 heterocycles. The summed E-state index contributed by atoms with van der Waals surface area (Å²) in [6.45, 7) is 0. The van der Waals surface area contributed by atoms with Gasteiger partial charge in [-0.05, 0) is 164 Å². The van der Waals surface area contributed by atoms with Crippen LogP contribution in [0.4, 0.5) is 0 Å². The normalized spacial score (nSPS) is 11.6. The number of hydrogen-bond donors (Lipinski definition) is 0. The summed E-state index contributed by atoms with van der Waals surface area (Å²) in [6, 6.07) is 139. The van der Waals surface area contributed by atoms with Crippen LogP contribution in [0.15, 0.2) is 429 Å². The lowest BCUT2D eigenvalue weighted by atomic mass is 10.1. The van der Waals surface area contributed by atoms with Crippen LogP contribution in [-0.2, 0) is 0 Å². The minimum atomic E-state index is 0.484. The first-order chi connectivity index (χ1) is 60.0. The average Bonchev–Trinajstić information content (AvgIpc) is 1.58. The fraction of sp³-hybridized carbons (Fsp3) is 0. The van der Waals surface area contributed by atoms with Gasteiger partial charge in [0.05, 0.1) is 60.3 Å². The maximum absolute atomic E-state index is 6.59. The first-order valence-electron chi connectivity index (χ1n) is 40.2. The fourth-order valence-corrected chi connectivity index (χ4v) is 17.2. The van der Waals surface area contributed by atoms with Gasteiger partial charge in [-0.25, -0.2) is 4.98 Å². The van der Waals surface area contributed by atoms with Crippen LogP contribution in [0, 0.1) is 0 Å². The molecule has 16 aromatic carbocycles. The highest BCUT2D eigenvalue weighted by atomic mass is 16.4. The number of nitrogens with zero attached hydrogens (tertiary/aromatic N) is 9.